The minimum atomic E-state index is 0.453. The number of methoxy groups -OCH3 is 1. The summed E-state index contributed by atoms with van der Waals surface area (Å²) in [6.45, 7) is 4.72. The van der Waals surface area contributed by atoms with Gasteiger partial charge < -0.3 is 10.1 Å². The molecular weight excluding hydrogens is 268 g/mol. The summed E-state index contributed by atoms with van der Waals surface area (Å²) in [5.74, 6) is 0.453. The van der Waals surface area contributed by atoms with Gasteiger partial charge in [0.1, 0.15) is 0 Å². The van der Waals surface area contributed by atoms with Crippen LogP contribution in [0, 0.1) is 6.92 Å². The molecular formula is C16H22N2OS. The van der Waals surface area contributed by atoms with Crippen molar-refractivity contribution in [1.82, 2.24) is 10.3 Å². The smallest absolute Gasteiger partial charge is 0.0794 e. The summed E-state index contributed by atoms with van der Waals surface area (Å²) in [6.07, 6.45) is 0.979. The Morgan fingerprint density at radius 1 is 1.40 bits per heavy atom. The van der Waals surface area contributed by atoms with Crippen LogP contribution >= 0.6 is 11.3 Å². The number of thiazole rings is 1. The Hall–Kier alpha value is -1.23. The van der Waals surface area contributed by atoms with Crippen LogP contribution in [0.15, 0.2) is 35.2 Å². The maximum atomic E-state index is 5.08. The summed E-state index contributed by atoms with van der Waals surface area (Å²) in [5, 5.41) is 5.60. The lowest BCUT2D eigenvalue weighted by Gasteiger charge is -2.18. The van der Waals surface area contributed by atoms with Crippen molar-refractivity contribution in [2.24, 2.45) is 0 Å². The van der Waals surface area contributed by atoms with Crippen LogP contribution in [0.25, 0.3) is 0 Å². The zero-order chi connectivity index (χ0) is 14.2. The van der Waals surface area contributed by atoms with Crippen molar-refractivity contribution in [3.63, 3.8) is 0 Å². The van der Waals surface area contributed by atoms with E-state index in [-0.39, 0.29) is 0 Å². The first-order valence-corrected chi connectivity index (χ1v) is 7.87. The molecule has 0 aliphatic rings. The molecule has 0 aliphatic heterocycles. The molecule has 1 aromatic carbocycles. The predicted molar refractivity (Wildman–Crippen MR) is 84.5 cm³/mol. The standard InChI is InChI=1S/C16H22N2OS/c1-13-4-3-5-14(8-13)15(10-17-6-7-19-2)9-16-11-20-12-18-16/h3-5,8,11-12,15,17H,6-7,9-10H2,1-2H3. The number of aromatic nitrogens is 1. The minimum Gasteiger partial charge on any atom is -0.383 e. The van der Waals surface area contributed by atoms with E-state index < -0.39 is 0 Å². The van der Waals surface area contributed by atoms with Gasteiger partial charge >= 0.3 is 0 Å². The van der Waals surface area contributed by atoms with Gasteiger partial charge in [0.05, 0.1) is 17.8 Å². The third kappa shape index (κ3) is 4.71. The van der Waals surface area contributed by atoms with E-state index in [0.717, 1.165) is 26.1 Å². The number of aryl methyl sites for hydroxylation is 1. The number of nitrogens with zero attached hydrogens (tertiary/aromatic N) is 1. The number of nitrogens with one attached hydrogen (secondary N) is 1. The second kappa shape index (κ2) is 8.15. The lowest BCUT2D eigenvalue weighted by molar-refractivity contribution is 0.199. The summed E-state index contributed by atoms with van der Waals surface area (Å²) in [7, 11) is 1.73. The van der Waals surface area contributed by atoms with Gasteiger partial charge in [0.2, 0.25) is 0 Å². The zero-order valence-corrected chi connectivity index (χ0v) is 13.0. The Morgan fingerprint density at radius 3 is 3.00 bits per heavy atom. The maximum Gasteiger partial charge on any atom is 0.0794 e. The van der Waals surface area contributed by atoms with Crippen molar-refractivity contribution in [2.75, 3.05) is 26.8 Å². The Bertz CT molecular complexity index is 499. The van der Waals surface area contributed by atoms with Crippen LogP contribution in [0.2, 0.25) is 0 Å². The molecule has 1 aromatic heterocycles. The van der Waals surface area contributed by atoms with Crippen LogP contribution in [0.3, 0.4) is 0 Å². The molecule has 1 N–H and O–H groups in total. The first kappa shape index (κ1) is 15.2. The molecule has 0 spiro atoms. The Labute approximate surface area is 125 Å². The third-order valence-corrected chi connectivity index (χ3v) is 3.96. The van der Waals surface area contributed by atoms with Gasteiger partial charge in [0, 0.05) is 31.5 Å². The first-order chi connectivity index (χ1) is 9.79. The number of hydrogen-bond donors (Lipinski definition) is 1. The quantitative estimate of drug-likeness (QED) is 0.759. The van der Waals surface area contributed by atoms with Gasteiger partial charge in [-0.05, 0) is 18.9 Å². The second-order valence-electron chi connectivity index (χ2n) is 4.99. The van der Waals surface area contributed by atoms with Crippen LogP contribution in [0.4, 0.5) is 0 Å². The van der Waals surface area contributed by atoms with Crippen molar-refractivity contribution in [2.45, 2.75) is 19.3 Å². The molecule has 1 unspecified atom stereocenters. The van der Waals surface area contributed by atoms with Gasteiger partial charge in [-0.2, -0.15) is 0 Å². The summed E-state index contributed by atoms with van der Waals surface area (Å²) in [6, 6.07) is 8.76. The van der Waals surface area contributed by atoms with E-state index in [9.17, 15) is 0 Å². The largest absolute Gasteiger partial charge is 0.383 e. The number of hydrogen-bond acceptors (Lipinski definition) is 4. The van der Waals surface area contributed by atoms with E-state index >= 15 is 0 Å². The van der Waals surface area contributed by atoms with Gasteiger partial charge in [-0.1, -0.05) is 29.8 Å². The highest BCUT2D eigenvalue weighted by Crippen LogP contribution is 2.21. The normalized spacial score (nSPS) is 12.5. The van der Waals surface area contributed by atoms with Gasteiger partial charge in [-0.25, -0.2) is 4.98 Å². The molecule has 0 bridgehead atoms. The summed E-state index contributed by atoms with van der Waals surface area (Å²) in [4.78, 5) is 4.41. The van der Waals surface area contributed by atoms with E-state index in [1.165, 1.54) is 16.8 Å². The number of benzene rings is 1. The highest BCUT2D eigenvalue weighted by molar-refractivity contribution is 7.07. The monoisotopic (exact) mass is 290 g/mol. The van der Waals surface area contributed by atoms with E-state index in [2.05, 4.69) is 46.9 Å². The molecule has 3 nitrogen and oxygen atoms in total. The predicted octanol–water partition coefficient (Wildman–Crippen LogP) is 3.01. The highest BCUT2D eigenvalue weighted by Gasteiger charge is 2.13. The Balaban J connectivity index is 2.03. The summed E-state index contributed by atoms with van der Waals surface area (Å²) in [5.41, 5.74) is 5.77. The van der Waals surface area contributed by atoms with Gasteiger partial charge in [-0.15, -0.1) is 11.3 Å². The average molecular weight is 290 g/mol. The third-order valence-electron chi connectivity index (χ3n) is 3.33. The SMILES string of the molecule is COCCNCC(Cc1cscn1)c1cccc(C)c1. The van der Waals surface area contributed by atoms with Gasteiger partial charge in [0.25, 0.3) is 0 Å². The molecule has 1 atom stereocenters. The van der Waals surface area contributed by atoms with Crippen molar-refractivity contribution < 1.29 is 4.74 Å². The summed E-state index contributed by atoms with van der Waals surface area (Å²) >= 11 is 1.66. The van der Waals surface area contributed by atoms with E-state index in [4.69, 9.17) is 4.74 Å². The molecule has 20 heavy (non-hydrogen) atoms. The molecule has 0 aliphatic carbocycles. The van der Waals surface area contributed by atoms with Crippen LogP contribution in [0.5, 0.6) is 0 Å². The highest BCUT2D eigenvalue weighted by atomic mass is 32.1. The molecule has 1 heterocycles. The number of rotatable bonds is 8. The molecule has 2 rings (SSSR count). The molecule has 0 amide bonds. The fraction of sp³-hybridized carbons (Fsp3) is 0.438. The molecule has 0 saturated carbocycles. The van der Waals surface area contributed by atoms with Crippen molar-refractivity contribution in [3.05, 3.63) is 52.0 Å². The molecule has 4 heteroatoms. The van der Waals surface area contributed by atoms with E-state index in [1.807, 2.05) is 5.51 Å². The molecule has 0 fully saturated rings. The van der Waals surface area contributed by atoms with E-state index in [1.54, 1.807) is 18.4 Å². The van der Waals surface area contributed by atoms with E-state index in [0.29, 0.717) is 5.92 Å². The van der Waals surface area contributed by atoms with Crippen molar-refractivity contribution >= 4 is 11.3 Å². The molecule has 0 saturated heterocycles. The fourth-order valence-corrected chi connectivity index (χ4v) is 2.84. The zero-order valence-electron chi connectivity index (χ0n) is 12.1. The summed E-state index contributed by atoms with van der Waals surface area (Å²) < 4.78 is 5.08. The molecule has 0 radical (unpaired) electrons. The van der Waals surface area contributed by atoms with Gasteiger partial charge in [-0.3, -0.25) is 0 Å². The van der Waals surface area contributed by atoms with Gasteiger partial charge in [0.15, 0.2) is 0 Å². The second-order valence-corrected chi connectivity index (χ2v) is 5.71. The van der Waals surface area contributed by atoms with Crippen molar-refractivity contribution in [1.29, 1.82) is 0 Å². The maximum absolute atomic E-state index is 5.08. The molecule has 2 aromatic rings. The topological polar surface area (TPSA) is 34.1 Å². The van der Waals surface area contributed by atoms with Crippen LogP contribution in [-0.2, 0) is 11.2 Å². The minimum absolute atomic E-state index is 0.453. The Kier molecular flexibility index (Phi) is 6.18. The molecule has 108 valence electrons. The Morgan fingerprint density at radius 2 is 2.30 bits per heavy atom. The van der Waals surface area contributed by atoms with Crippen LogP contribution < -0.4 is 5.32 Å². The first-order valence-electron chi connectivity index (χ1n) is 6.93. The van der Waals surface area contributed by atoms with Crippen LogP contribution in [-0.4, -0.2) is 31.8 Å². The lowest BCUT2D eigenvalue weighted by atomic mass is 9.93. The lowest BCUT2D eigenvalue weighted by Crippen LogP contribution is -2.26. The van der Waals surface area contributed by atoms with Crippen molar-refractivity contribution in [3.8, 4) is 0 Å². The average Bonchev–Trinajstić information content (AvgIpc) is 2.95. The number of ether oxygens (including phenoxy) is 1. The van der Waals surface area contributed by atoms with Crippen LogP contribution in [0.1, 0.15) is 22.7 Å². The fourth-order valence-electron chi connectivity index (χ4n) is 2.27.